The lowest BCUT2D eigenvalue weighted by atomic mass is 10.00. The highest BCUT2D eigenvalue weighted by atomic mass is 16.3. The van der Waals surface area contributed by atoms with Crippen molar-refractivity contribution in [2.24, 2.45) is 0 Å². The molecule has 0 atom stereocenters. The molecule has 2 aromatic carbocycles. The molecule has 0 amide bonds. The Hall–Kier alpha value is -1.50. The molecule has 174 valence electrons. The Balaban J connectivity index is 1.35. The number of phenolic OH excluding ortho intramolecular Hbond substituents is 1. The van der Waals surface area contributed by atoms with Gasteiger partial charge in [-0.05, 0) is 23.8 Å². The van der Waals surface area contributed by atoms with E-state index in [2.05, 4.69) is 25.1 Å². The van der Waals surface area contributed by atoms with Gasteiger partial charge < -0.3 is 5.11 Å². The maximum Gasteiger partial charge on any atom is 0.126 e. The first-order valence-electron chi connectivity index (χ1n) is 13.5. The number of hydrogen-bond acceptors (Lipinski definition) is 1. The van der Waals surface area contributed by atoms with Crippen LogP contribution in [-0.2, 0) is 6.42 Å². The SMILES string of the molecule is CCCCCCCCCCCCCCCCCCCCc1ccc2ccccc2c1O. The number of unbranched alkanes of at least 4 members (excludes halogenated alkanes) is 17. The van der Waals surface area contributed by atoms with E-state index in [9.17, 15) is 5.11 Å². The van der Waals surface area contributed by atoms with Crippen LogP contribution in [0.1, 0.15) is 128 Å². The van der Waals surface area contributed by atoms with Gasteiger partial charge in [-0.1, -0.05) is 152 Å². The molecule has 0 radical (unpaired) electrons. The standard InChI is InChI=1S/C30H48O/c1-2-3-4-5-6-7-8-9-10-11-12-13-14-15-16-17-18-19-23-28-26-25-27-22-20-21-24-29(27)30(28)31/h20-22,24-26,31H,2-19,23H2,1H3. The lowest BCUT2D eigenvalue weighted by molar-refractivity contribution is 0.472. The third-order valence-electron chi connectivity index (χ3n) is 6.78. The molecule has 0 saturated carbocycles. The van der Waals surface area contributed by atoms with E-state index in [0.29, 0.717) is 5.75 Å². The summed E-state index contributed by atoms with van der Waals surface area (Å²) >= 11 is 0. The second-order valence-corrected chi connectivity index (χ2v) is 9.55. The van der Waals surface area contributed by atoms with E-state index in [1.165, 1.54) is 116 Å². The molecular formula is C30H48O. The quantitative estimate of drug-likeness (QED) is 0.222. The molecule has 0 aliphatic heterocycles. The summed E-state index contributed by atoms with van der Waals surface area (Å²) in [5, 5.41) is 12.6. The first-order chi connectivity index (χ1) is 15.3. The van der Waals surface area contributed by atoms with Crippen molar-refractivity contribution in [2.75, 3.05) is 0 Å². The van der Waals surface area contributed by atoms with Gasteiger partial charge in [0.15, 0.2) is 0 Å². The van der Waals surface area contributed by atoms with Gasteiger partial charge in [-0.25, -0.2) is 0 Å². The van der Waals surface area contributed by atoms with E-state index in [1.807, 2.05) is 18.2 Å². The Morgan fingerprint density at radius 1 is 0.516 bits per heavy atom. The average molecular weight is 425 g/mol. The number of aryl methyl sites for hydroxylation is 1. The highest BCUT2D eigenvalue weighted by molar-refractivity contribution is 5.89. The second-order valence-electron chi connectivity index (χ2n) is 9.55. The lowest BCUT2D eigenvalue weighted by Gasteiger charge is -2.08. The predicted octanol–water partition coefficient (Wildman–Crippen LogP) is 10.1. The molecular weight excluding hydrogens is 376 g/mol. The summed E-state index contributed by atoms with van der Waals surface area (Å²) in [6, 6.07) is 12.4. The lowest BCUT2D eigenvalue weighted by Crippen LogP contribution is -1.89. The van der Waals surface area contributed by atoms with Crippen LogP contribution in [0.25, 0.3) is 10.8 Å². The van der Waals surface area contributed by atoms with Crippen molar-refractivity contribution in [3.63, 3.8) is 0 Å². The number of aromatic hydroxyl groups is 1. The Labute approximate surface area is 192 Å². The summed E-state index contributed by atoms with van der Waals surface area (Å²) in [5.41, 5.74) is 1.11. The van der Waals surface area contributed by atoms with Gasteiger partial charge in [0.1, 0.15) is 5.75 Å². The zero-order valence-corrected chi connectivity index (χ0v) is 20.3. The van der Waals surface area contributed by atoms with Gasteiger partial charge in [0.05, 0.1) is 0 Å². The fourth-order valence-corrected chi connectivity index (χ4v) is 4.72. The molecule has 2 rings (SSSR count). The van der Waals surface area contributed by atoms with Crippen LogP contribution in [-0.4, -0.2) is 5.11 Å². The van der Waals surface area contributed by atoms with Crippen LogP contribution in [0.3, 0.4) is 0 Å². The molecule has 0 saturated heterocycles. The van der Waals surface area contributed by atoms with Crippen LogP contribution in [0.5, 0.6) is 5.75 Å². The summed E-state index contributed by atoms with van der Waals surface area (Å²) in [6.07, 6.45) is 26.3. The Morgan fingerprint density at radius 3 is 1.48 bits per heavy atom. The average Bonchev–Trinajstić information content (AvgIpc) is 2.80. The molecule has 0 bridgehead atoms. The molecule has 1 N–H and O–H groups in total. The highest BCUT2D eigenvalue weighted by Gasteiger charge is 2.05. The highest BCUT2D eigenvalue weighted by Crippen LogP contribution is 2.29. The van der Waals surface area contributed by atoms with Crippen LogP contribution >= 0.6 is 0 Å². The Morgan fingerprint density at radius 2 is 0.968 bits per heavy atom. The third kappa shape index (κ3) is 11.1. The monoisotopic (exact) mass is 424 g/mol. The predicted molar refractivity (Wildman–Crippen MR) is 138 cm³/mol. The van der Waals surface area contributed by atoms with Crippen molar-refractivity contribution in [2.45, 2.75) is 129 Å². The molecule has 0 aliphatic carbocycles. The van der Waals surface area contributed by atoms with Gasteiger partial charge in [-0.2, -0.15) is 0 Å². The van der Waals surface area contributed by atoms with Crippen molar-refractivity contribution < 1.29 is 5.11 Å². The molecule has 1 heteroatoms. The summed E-state index contributed by atoms with van der Waals surface area (Å²) in [6.45, 7) is 2.29. The Kier molecular flexibility index (Phi) is 14.2. The summed E-state index contributed by atoms with van der Waals surface area (Å²) in [5.74, 6) is 0.491. The first-order valence-corrected chi connectivity index (χ1v) is 13.5. The minimum Gasteiger partial charge on any atom is -0.507 e. The summed E-state index contributed by atoms with van der Waals surface area (Å²) < 4.78 is 0. The second kappa shape index (κ2) is 17.1. The summed E-state index contributed by atoms with van der Waals surface area (Å²) in [7, 11) is 0. The minimum absolute atomic E-state index is 0.491. The fourth-order valence-electron chi connectivity index (χ4n) is 4.72. The van der Waals surface area contributed by atoms with Gasteiger partial charge in [0, 0.05) is 5.39 Å². The van der Waals surface area contributed by atoms with Gasteiger partial charge in [0.25, 0.3) is 0 Å². The maximum absolute atomic E-state index is 10.5. The number of rotatable bonds is 19. The first kappa shape index (κ1) is 25.8. The van der Waals surface area contributed by atoms with Gasteiger partial charge in [-0.15, -0.1) is 0 Å². The molecule has 0 spiro atoms. The van der Waals surface area contributed by atoms with Crippen LogP contribution in [0, 0.1) is 0 Å². The Bertz CT molecular complexity index is 690. The third-order valence-corrected chi connectivity index (χ3v) is 6.78. The van der Waals surface area contributed by atoms with Crippen molar-refractivity contribution in [3.05, 3.63) is 42.0 Å². The van der Waals surface area contributed by atoms with Crippen LogP contribution < -0.4 is 0 Å². The fraction of sp³-hybridized carbons (Fsp3) is 0.667. The van der Waals surface area contributed by atoms with Crippen LogP contribution in [0.2, 0.25) is 0 Å². The van der Waals surface area contributed by atoms with Crippen LogP contribution in [0.4, 0.5) is 0 Å². The van der Waals surface area contributed by atoms with Crippen LogP contribution in [0.15, 0.2) is 36.4 Å². The number of fused-ring (bicyclic) bond motifs is 1. The topological polar surface area (TPSA) is 20.2 Å². The zero-order chi connectivity index (χ0) is 22.0. The van der Waals surface area contributed by atoms with Gasteiger partial charge >= 0.3 is 0 Å². The largest absolute Gasteiger partial charge is 0.507 e. The number of benzene rings is 2. The van der Waals surface area contributed by atoms with E-state index in [0.717, 1.165) is 22.8 Å². The van der Waals surface area contributed by atoms with Crippen molar-refractivity contribution in [1.29, 1.82) is 0 Å². The van der Waals surface area contributed by atoms with E-state index in [4.69, 9.17) is 0 Å². The maximum atomic E-state index is 10.5. The molecule has 0 aromatic heterocycles. The van der Waals surface area contributed by atoms with Gasteiger partial charge in [0.2, 0.25) is 0 Å². The smallest absolute Gasteiger partial charge is 0.126 e. The van der Waals surface area contributed by atoms with Crippen molar-refractivity contribution >= 4 is 10.8 Å². The van der Waals surface area contributed by atoms with E-state index in [-0.39, 0.29) is 0 Å². The molecule has 1 nitrogen and oxygen atoms in total. The number of phenols is 1. The van der Waals surface area contributed by atoms with E-state index in [1.54, 1.807) is 0 Å². The molecule has 0 fully saturated rings. The van der Waals surface area contributed by atoms with Crippen molar-refractivity contribution in [1.82, 2.24) is 0 Å². The summed E-state index contributed by atoms with van der Waals surface area (Å²) in [4.78, 5) is 0. The molecule has 31 heavy (non-hydrogen) atoms. The molecule has 0 heterocycles. The minimum atomic E-state index is 0.491. The normalized spacial score (nSPS) is 11.4. The molecule has 0 aliphatic rings. The molecule has 0 unspecified atom stereocenters. The number of hydrogen-bond donors (Lipinski definition) is 1. The van der Waals surface area contributed by atoms with E-state index < -0.39 is 0 Å². The molecule has 2 aromatic rings. The van der Waals surface area contributed by atoms with Gasteiger partial charge in [-0.3, -0.25) is 0 Å². The zero-order valence-electron chi connectivity index (χ0n) is 20.3. The van der Waals surface area contributed by atoms with Crippen molar-refractivity contribution in [3.8, 4) is 5.75 Å². The van der Waals surface area contributed by atoms with E-state index >= 15 is 0 Å².